The third kappa shape index (κ3) is 2.91. The number of imidazole rings is 1. The third-order valence-electron chi connectivity index (χ3n) is 4.80. The Balaban J connectivity index is 1.85. The summed E-state index contributed by atoms with van der Waals surface area (Å²) in [5, 5.41) is 11.3. The minimum absolute atomic E-state index is 0.0113. The van der Waals surface area contributed by atoms with Crippen LogP contribution in [0.2, 0.25) is 0 Å². The largest absolute Gasteiger partial charge is 0.497 e. The Morgan fingerprint density at radius 1 is 0.900 bits per heavy atom. The van der Waals surface area contributed by atoms with Crippen LogP contribution in [0.1, 0.15) is 0 Å². The van der Waals surface area contributed by atoms with Gasteiger partial charge in [-0.25, -0.2) is 15.0 Å². The fraction of sp³-hybridized carbons (Fsp3) is 0.0455. The topological polar surface area (TPSA) is 96.0 Å². The van der Waals surface area contributed by atoms with Crippen molar-refractivity contribution in [1.29, 1.82) is 0 Å². The fourth-order valence-corrected chi connectivity index (χ4v) is 3.40. The lowest BCUT2D eigenvalue weighted by Gasteiger charge is -2.10. The smallest absolute Gasteiger partial charge is 0.270 e. The van der Waals surface area contributed by atoms with E-state index in [0.717, 1.165) is 16.7 Å². The summed E-state index contributed by atoms with van der Waals surface area (Å²) in [6, 6.07) is 21.4. The normalized spacial score (nSPS) is 11.1. The Hall–Kier alpha value is -4.33. The highest BCUT2D eigenvalue weighted by atomic mass is 16.6. The molecule has 8 heteroatoms. The molecule has 2 aromatic heterocycles. The molecule has 5 rings (SSSR count). The van der Waals surface area contributed by atoms with Gasteiger partial charge in [0.25, 0.3) is 5.69 Å². The Bertz CT molecular complexity index is 1430. The third-order valence-corrected chi connectivity index (χ3v) is 4.80. The van der Waals surface area contributed by atoms with Crippen molar-refractivity contribution in [3.63, 3.8) is 0 Å². The van der Waals surface area contributed by atoms with Gasteiger partial charge in [-0.3, -0.25) is 14.7 Å². The minimum atomic E-state index is -0.424. The molecule has 5 aromatic rings. The first kappa shape index (κ1) is 17.7. The predicted molar refractivity (Wildman–Crippen MR) is 113 cm³/mol. The number of fused-ring (bicyclic) bond motifs is 2. The molecular weight excluding hydrogens is 382 g/mol. The lowest BCUT2D eigenvalue weighted by Crippen LogP contribution is -2.00. The first-order chi connectivity index (χ1) is 14.6. The van der Waals surface area contributed by atoms with E-state index in [1.54, 1.807) is 19.2 Å². The Labute approximate surface area is 170 Å². The van der Waals surface area contributed by atoms with Gasteiger partial charge in [-0.05, 0) is 24.3 Å². The Kier molecular flexibility index (Phi) is 4.10. The number of rotatable bonds is 4. The number of aromatic nitrogens is 4. The summed E-state index contributed by atoms with van der Waals surface area (Å²) in [5.41, 5.74) is 3.83. The van der Waals surface area contributed by atoms with Crippen molar-refractivity contribution in [3.05, 3.63) is 82.9 Å². The molecule has 0 radical (unpaired) electrons. The van der Waals surface area contributed by atoms with Gasteiger partial charge in [0.05, 0.1) is 28.8 Å². The number of para-hydroxylation sites is 2. The quantitative estimate of drug-likeness (QED) is 0.326. The molecule has 0 N–H and O–H groups in total. The van der Waals surface area contributed by atoms with Gasteiger partial charge in [0.2, 0.25) is 0 Å². The molecule has 146 valence electrons. The van der Waals surface area contributed by atoms with Crippen molar-refractivity contribution in [3.8, 4) is 22.8 Å². The summed E-state index contributed by atoms with van der Waals surface area (Å²) < 4.78 is 7.22. The number of nitro groups is 1. The van der Waals surface area contributed by atoms with Crippen molar-refractivity contribution in [2.24, 2.45) is 0 Å². The van der Waals surface area contributed by atoms with E-state index >= 15 is 0 Å². The highest BCUT2D eigenvalue weighted by molar-refractivity contribution is 5.86. The molecule has 0 bridgehead atoms. The molecule has 0 aliphatic carbocycles. The van der Waals surface area contributed by atoms with Crippen LogP contribution in [0.5, 0.6) is 5.75 Å². The minimum Gasteiger partial charge on any atom is -0.497 e. The molecule has 3 aromatic carbocycles. The van der Waals surface area contributed by atoms with E-state index in [-0.39, 0.29) is 5.69 Å². The van der Waals surface area contributed by atoms with Crippen LogP contribution in [0, 0.1) is 10.1 Å². The number of benzene rings is 3. The van der Waals surface area contributed by atoms with E-state index in [1.807, 2.05) is 53.1 Å². The van der Waals surface area contributed by atoms with Gasteiger partial charge in [-0.2, -0.15) is 0 Å². The second-order valence-electron chi connectivity index (χ2n) is 6.64. The van der Waals surface area contributed by atoms with Crippen LogP contribution in [-0.2, 0) is 0 Å². The Morgan fingerprint density at radius 3 is 2.43 bits per heavy atom. The molecule has 8 nitrogen and oxygen atoms in total. The highest BCUT2D eigenvalue weighted by Crippen LogP contribution is 2.31. The zero-order valence-corrected chi connectivity index (χ0v) is 15.9. The summed E-state index contributed by atoms with van der Waals surface area (Å²) in [5.74, 6) is 1.19. The molecule has 0 fully saturated rings. The number of nitro benzene ring substituents is 1. The molecule has 0 atom stereocenters. The van der Waals surface area contributed by atoms with E-state index in [0.29, 0.717) is 28.4 Å². The van der Waals surface area contributed by atoms with E-state index in [9.17, 15) is 10.1 Å². The maximum atomic E-state index is 11.3. The average molecular weight is 397 g/mol. The maximum absolute atomic E-state index is 11.3. The van der Waals surface area contributed by atoms with Crippen LogP contribution in [0.25, 0.3) is 39.4 Å². The average Bonchev–Trinajstić information content (AvgIpc) is 3.16. The molecule has 0 amide bonds. The molecule has 2 heterocycles. The monoisotopic (exact) mass is 397 g/mol. The van der Waals surface area contributed by atoms with Gasteiger partial charge in [-0.1, -0.05) is 30.3 Å². The fourth-order valence-electron chi connectivity index (χ4n) is 3.40. The number of methoxy groups -OCH3 is 1. The summed E-state index contributed by atoms with van der Waals surface area (Å²) in [4.78, 5) is 25.0. The summed E-state index contributed by atoms with van der Waals surface area (Å²) in [6.07, 6.45) is 0. The van der Waals surface area contributed by atoms with Crippen LogP contribution < -0.4 is 4.74 Å². The highest BCUT2D eigenvalue weighted by Gasteiger charge is 2.19. The van der Waals surface area contributed by atoms with E-state index in [1.165, 1.54) is 12.1 Å². The summed E-state index contributed by atoms with van der Waals surface area (Å²) in [7, 11) is 1.60. The SMILES string of the molecule is COc1cccc(-n2c(-c3cccc([N+](=O)[O-])c3)nc3nc4ccccc4nc32)c1. The van der Waals surface area contributed by atoms with Crippen LogP contribution >= 0.6 is 0 Å². The Morgan fingerprint density at radius 2 is 1.67 bits per heavy atom. The van der Waals surface area contributed by atoms with Gasteiger partial charge in [0, 0.05) is 23.8 Å². The maximum Gasteiger partial charge on any atom is 0.270 e. The molecule has 0 saturated heterocycles. The molecule has 0 aliphatic rings. The second kappa shape index (κ2) is 6.93. The van der Waals surface area contributed by atoms with Gasteiger partial charge < -0.3 is 4.74 Å². The number of hydrogen-bond donors (Lipinski definition) is 0. The first-order valence-corrected chi connectivity index (χ1v) is 9.18. The predicted octanol–water partition coefficient (Wildman–Crippen LogP) is 4.55. The van der Waals surface area contributed by atoms with Crippen molar-refractivity contribution in [1.82, 2.24) is 19.5 Å². The van der Waals surface area contributed by atoms with Crippen molar-refractivity contribution in [2.75, 3.05) is 7.11 Å². The zero-order valence-electron chi connectivity index (χ0n) is 15.9. The summed E-state index contributed by atoms with van der Waals surface area (Å²) >= 11 is 0. The first-order valence-electron chi connectivity index (χ1n) is 9.18. The molecule has 30 heavy (non-hydrogen) atoms. The van der Waals surface area contributed by atoms with Crippen LogP contribution in [-0.4, -0.2) is 31.6 Å². The van der Waals surface area contributed by atoms with Crippen molar-refractivity contribution in [2.45, 2.75) is 0 Å². The van der Waals surface area contributed by atoms with Gasteiger partial charge in [0.1, 0.15) is 11.6 Å². The molecule has 0 unspecified atom stereocenters. The van der Waals surface area contributed by atoms with Gasteiger partial charge in [-0.15, -0.1) is 0 Å². The number of hydrogen-bond acceptors (Lipinski definition) is 6. The van der Waals surface area contributed by atoms with Crippen LogP contribution in [0.15, 0.2) is 72.8 Å². The van der Waals surface area contributed by atoms with E-state index in [2.05, 4.69) is 4.98 Å². The number of ether oxygens (including phenoxy) is 1. The number of nitrogens with zero attached hydrogens (tertiary/aromatic N) is 5. The zero-order chi connectivity index (χ0) is 20.7. The molecule has 0 saturated carbocycles. The van der Waals surface area contributed by atoms with Crippen molar-refractivity contribution >= 4 is 28.0 Å². The molecule has 0 aliphatic heterocycles. The molecular formula is C22H15N5O3. The van der Waals surface area contributed by atoms with E-state index < -0.39 is 4.92 Å². The van der Waals surface area contributed by atoms with Crippen LogP contribution in [0.3, 0.4) is 0 Å². The van der Waals surface area contributed by atoms with Gasteiger partial charge >= 0.3 is 0 Å². The van der Waals surface area contributed by atoms with Crippen LogP contribution in [0.4, 0.5) is 5.69 Å². The lowest BCUT2D eigenvalue weighted by atomic mass is 10.2. The number of non-ortho nitro benzene ring substituents is 1. The second-order valence-corrected chi connectivity index (χ2v) is 6.64. The molecule has 0 spiro atoms. The summed E-state index contributed by atoms with van der Waals surface area (Å²) in [6.45, 7) is 0. The standard InChI is InChI=1S/C22H15N5O3/c1-30-17-9-5-7-15(13-17)26-21(14-6-4-8-16(12-14)27(28)29)25-20-22(26)24-19-11-3-2-10-18(19)23-20/h2-13H,1H3. The lowest BCUT2D eigenvalue weighted by molar-refractivity contribution is -0.384. The van der Waals surface area contributed by atoms with E-state index in [4.69, 9.17) is 14.7 Å². The van der Waals surface area contributed by atoms with Crippen molar-refractivity contribution < 1.29 is 9.66 Å². The van der Waals surface area contributed by atoms with Gasteiger partial charge in [0.15, 0.2) is 11.3 Å².